The van der Waals surface area contributed by atoms with Crippen LogP contribution in [0.3, 0.4) is 0 Å². The molecule has 0 aliphatic carbocycles. The van der Waals surface area contributed by atoms with E-state index in [0.717, 1.165) is 24.1 Å². The molecule has 1 aromatic carbocycles. The number of pyridine rings is 1. The molecule has 0 saturated carbocycles. The largest absolute Gasteiger partial charge is 0.319 e. The predicted octanol–water partition coefficient (Wildman–Crippen LogP) is 0.255. The first-order chi connectivity index (χ1) is 7.29. The molecule has 0 radical (unpaired) electrons. The molecule has 2 aromatic rings. The molecule has 1 aromatic heterocycles. The van der Waals surface area contributed by atoms with Crippen molar-refractivity contribution in [2.75, 3.05) is 13.6 Å². The third-order valence-electron chi connectivity index (χ3n) is 2.56. The normalized spacial score (nSPS) is 10.7. The highest BCUT2D eigenvalue weighted by Gasteiger charge is 1.97. The standard InChI is InChI=1S/C12H15BN2/c1-14-7-6-9-2-4-11-10(8-9)3-5-12(13)15-11/h2-5,8,14H,6-7,13H2,1H3. The molecule has 15 heavy (non-hydrogen) atoms. The van der Waals surface area contributed by atoms with Crippen LogP contribution in [0.2, 0.25) is 0 Å². The molecule has 1 heterocycles. The van der Waals surface area contributed by atoms with Crippen molar-refractivity contribution in [2.24, 2.45) is 0 Å². The summed E-state index contributed by atoms with van der Waals surface area (Å²) in [6.07, 6.45) is 1.07. The molecule has 3 heteroatoms. The lowest BCUT2D eigenvalue weighted by Gasteiger charge is -2.03. The fourth-order valence-electron chi connectivity index (χ4n) is 1.70. The van der Waals surface area contributed by atoms with E-state index in [9.17, 15) is 0 Å². The van der Waals surface area contributed by atoms with Crippen LogP contribution in [0, 0.1) is 0 Å². The first kappa shape index (κ1) is 10.2. The highest BCUT2D eigenvalue weighted by Crippen LogP contribution is 2.12. The first-order valence-electron chi connectivity index (χ1n) is 5.30. The van der Waals surface area contributed by atoms with Crippen LogP contribution >= 0.6 is 0 Å². The van der Waals surface area contributed by atoms with Crippen LogP contribution in [0.25, 0.3) is 10.9 Å². The number of fused-ring (bicyclic) bond motifs is 1. The molecule has 0 amide bonds. The van der Waals surface area contributed by atoms with Crippen LogP contribution in [0.15, 0.2) is 30.3 Å². The van der Waals surface area contributed by atoms with Gasteiger partial charge in [-0.05, 0) is 43.3 Å². The van der Waals surface area contributed by atoms with Crippen LogP contribution in [0.5, 0.6) is 0 Å². The Morgan fingerprint density at radius 1 is 1.27 bits per heavy atom. The maximum Gasteiger partial charge on any atom is 0.163 e. The monoisotopic (exact) mass is 198 g/mol. The lowest BCUT2D eigenvalue weighted by Crippen LogP contribution is -2.10. The summed E-state index contributed by atoms with van der Waals surface area (Å²) in [6.45, 7) is 1.02. The van der Waals surface area contributed by atoms with Gasteiger partial charge in [-0.2, -0.15) is 0 Å². The van der Waals surface area contributed by atoms with Gasteiger partial charge in [-0.1, -0.05) is 18.2 Å². The average Bonchev–Trinajstić information content (AvgIpc) is 2.26. The number of rotatable bonds is 3. The van der Waals surface area contributed by atoms with Gasteiger partial charge in [-0.3, -0.25) is 4.98 Å². The maximum absolute atomic E-state index is 4.48. The molecule has 0 aliphatic heterocycles. The number of nitrogens with one attached hydrogen (secondary N) is 1. The molecule has 76 valence electrons. The summed E-state index contributed by atoms with van der Waals surface area (Å²) in [5.74, 6) is 0. The van der Waals surface area contributed by atoms with Gasteiger partial charge in [0.2, 0.25) is 0 Å². The number of hydrogen-bond donors (Lipinski definition) is 1. The van der Waals surface area contributed by atoms with Gasteiger partial charge >= 0.3 is 0 Å². The van der Waals surface area contributed by atoms with Crippen LogP contribution < -0.4 is 10.9 Å². The second-order valence-electron chi connectivity index (χ2n) is 3.83. The van der Waals surface area contributed by atoms with Gasteiger partial charge in [0.05, 0.1) is 5.52 Å². The van der Waals surface area contributed by atoms with Gasteiger partial charge in [0.15, 0.2) is 7.85 Å². The SMILES string of the molecule is Bc1ccc2cc(CCNC)ccc2n1. The Morgan fingerprint density at radius 2 is 2.13 bits per heavy atom. The third-order valence-corrected chi connectivity index (χ3v) is 2.56. The predicted molar refractivity (Wildman–Crippen MR) is 67.6 cm³/mol. The maximum atomic E-state index is 4.48. The molecule has 1 N–H and O–H groups in total. The Bertz CT molecular complexity index is 468. The minimum absolute atomic E-state index is 1.02. The van der Waals surface area contributed by atoms with Crippen molar-refractivity contribution in [3.63, 3.8) is 0 Å². The molecule has 0 aliphatic rings. The molecular formula is C12H15BN2. The van der Waals surface area contributed by atoms with E-state index in [1.165, 1.54) is 10.9 Å². The fraction of sp³-hybridized carbons (Fsp3) is 0.250. The van der Waals surface area contributed by atoms with E-state index in [1.54, 1.807) is 0 Å². The smallest absolute Gasteiger partial charge is 0.163 e. The Balaban J connectivity index is 2.34. The minimum Gasteiger partial charge on any atom is -0.319 e. The molecule has 0 fully saturated rings. The van der Waals surface area contributed by atoms with Crippen LogP contribution in [-0.4, -0.2) is 26.4 Å². The van der Waals surface area contributed by atoms with E-state index in [-0.39, 0.29) is 0 Å². The summed E-state index contributed by atoms with van der Waals surface area (Å²) >= 11 is 0. The lowest BCUT2D eigenvalue weighted by molar-refractivity contribution is 0.792. The van der Waals surface area contributed by atoms with Gasteiger partial charge in [0.25, 0.3) is 0 Å². The number of benzene rings is 1. The van der Waals surface area contributed by atoms with Gasteiger partial charge < -0.3 is 5.32 Å². The average molecular weight is 198 g/mol. The minimum atomic E-state index is 1.02. The van der Waals surface area contributed by atoms with E-state index in [1.807, 2.05) is 14.9 Å². The molecule has 0 spiro atoms. The van der Waals surface area contributed by atoms with Crippen LogP contribution in [0.1, 0.15) is 5.56 Å². The first-order valence-corrected chi connectivity index (χ1v) is 5.30. The van der Waals surface area contributed by atoms with Crippen molar-refractivity contribution in [1.82, 2.24) is 10.3 Å². The van der Waals surface area contributed by atoms with Crippen molar-refractivity contribution in [3.8, 4) is 0 Å². The number of hydrogen-bond acceptors (Lipinski definition) is 2. The molecular weight excluding hydrogens is 183 g/mol. The van der Waals surface area contributed by atoms with Crippen molar-refractivity contribution in [2.45, 2.75) is 6.42 Å². The Labute approximate surface area is 91.1 Å². The Kier molecular flexibility index (Phi) is 3.02. The van der Waals surface area contributed by atoms with E-state index in [0.29, 0.717) is 0 Å². The van der Waals surface area contributed by atoms with Gasteiger partial charge in [0, 0.05) is 5.39 Å². The third kappa shape index (κ3) is 2.36. The Hall–Kier alpha value is -1.35. The summed E-state index contributed by atoms with van der Waals surface area (Å²) in [4.78, 5) is 4.48. The van der Waals surface area contributed by atoms with Crippen molar-refractivity contribution in [3.05, 3.63) is 35.9 Å². The zero-order chi connectivity index (χ0) is 10.7. The summed E-state index contributed by atoms with van der Waals surface area (Å²) in [7, 11) is 4.00. The van der Waals surface area contributed by atoms with Crippen molar-refractivity contribution >= 4 is 24.3 Å². The topological polar surface area (TPSA) is 24.9 Å². The van der Waals surface area contributed by atoms with Crippen molar-refractivity contribution in [1.29, 1.82) is 0 Å². The Morgan fingerprint density at radius 3 is 2.93 bits per heavy atom. The number of aromatic nitrogens is 1. The zero-order valence-electron chi connectivity index (χ0n) is 9.25. The van der Waals surface area contributed by atoms with Gasteiger partial charge in [0.1, 0.15) is 0 Å². The molecule has 0 unspecified atom stereocenters. The van der Waals surface area contributed by atoms with Gasteiger partial charge in [-0.25, -0.2) is 0 Å². The number of likely N-dealkylation sites (N-methyl/N-ethyl adjacent to an activating group) is 1. The number of nitrogens with zero attached hydrogens (tertiary/aromatic N) is 1. The summed E-state index contributed by atoms with van der Waals surface area (Å²) in [5, 5.41) is 4.39. The van der Waals surface area contributed by atoms with E-state index >= 15 is 0 Å². The van der Waals surface area contributed by atoms with E-state index < -0.39 is 0 Å². The molecule has 0 saturated heterocycles. The second-order valence-corrected chi connectivity index (χ2v) is 3.83. The highest BCUT2D eigenvalue weighted by atomic mass is 14.8. The summed E-state index contributed by atoms with van der Waals surface area (Å²) in [6, 6.07) is 10.7. The molecule has 2 rings (SSSR count). The molecule has 0 atom stereocenters. The summed E-state index contributed by atoms with van der Waals surface area (Å²) in [5.41, 5.74) is 3.52. The van der Waals surface area contributed by atoms with E-state index in [2.05, 4.69) is 40.6 Å². The van der Waals surface area contributed by atoms with Gasteiger partial charge in [-0.15, -0.1) is 0 Å². The van der Waals surface area contributed by atoms with Crippen LogP contribution in [-0.2, 0) is 6.42 Å². The fourth-order valence-corrected chi connectivity index (χ4v) is 1.70. The van der Waals surface area contributed by atoms with E-state index in [4.69, 9.17) is 0 Å². The van der Waals surface area contributed by atoms with Crippen molar-refractivity contribution < 1.29 is 0 Å². The molecule has 0 bridgehead atoms. The van der Waals surface area contributed by atoms with Crippen LogP contribution in [0.4, 0.5) is 0 Å². The lowest BCUT2D eigenvalue weighted by atomic mass is 10.0. The highest BCUT2D eigenvalue weighted by molar-refractivity contribution is 6.31. The zero-order valence-corrected chi connectivity index (χ0v) is 9.25. The quantitative estimate of drug-likeness (QED) is 0.715. The molecule has 2 nitrogen and oxygen atoms in total. The second kappa shape index (κ2) is 4.45. The summed E-state index contributed by atoms with van der Waals surface area (Å²) < 4.78 is 0.